The van der Waals surface area contributed by atoms with Crippen LogP contribution >= 0.6 is 0 Å². The Morgan fingerprint density at radius 1 is 1.28 bits per heavy atom. The van der Waals surface area contributed by atoms with Crippen molar-refractivity contribution >= 4 is 17.9 Å². The van der Waals surface area contributed by atoms with Crippen molar-refractivity contribution in [3.05, 3.63) is 64.0 Å². The largest absolute Gasteiger partial charge is 0.493 e. The minimum Gasteiger partial charge on any atom is -0.493 e. The summed E-state index contributed by atoms with van der Waals surface area (Å²) < 4.78 is 20.0. The van der Waals surface area contributed by atoms with Gasteiger partial charge in [0.2, 0.25) is 0 Å². The molecule has 2 aromatic rings. The van der Waals surface area contributed by atoms with Crippen LogP contribution in [0.5, 0.6) is 5.75 Å². The average Bonchev–Trinajstić information content (AvgIpc) is 2.60. The first-order valence-corrected chi connectivity index (χ1v) is 7.81. The molecule has 2 N–H and O–H groups in total. The molecular formula is C19H17FN2O3. The SMILES string of the molecule is COc1c(C(C)N)ccc(C(=O)c2cccc3c2CC=NC3=O)c1F. The van der Waals surface area contributed by atoms with Crippen molar-refractivity contribution in [3.8, 4) is 5.75 Å². The second kappa shape index (κ2) is 6.57. The Morgan fingerprint density at radius 3 is 2.72 bits per heavy atom. The van der Waals surface area contributed by atoms with Gasteiger partial charge in [0.1, 0.15) is 0 Å². The van der Waals surface area contributed by atoms with Crippen molar-refractivity contribution in [1.82, 2.24) is 0 Å². The van der Waals surface area contributed by atoms with Crippen LogP contribution in [0.25, 0.3) is 0 Å². The van der Waals surface area contributed by atoms with E-state index in [0.717, 1.165) is 0 Å². The Morgan fingerprint density at radius 2 is 2.04 bits per heavy atom. The third kappa shape index (κ3) is 2.85. The number of aliphatic imine (C=N–C) groups is 1. The molecule has 25 heavy (non-hydrogen) atoms. The van der Waals surface area contributed by atoms with Gasteiger partial charge in [-0.25, -0.2) is 9.38 Å². The fourth-order valence-electron chi connectivity index (χ4n) is 2.97. The van der Waals surface area contributed by atoms with E-state index in [-0.39, 0.29) is 16.9 Å². The Bertz CT molecular complexity index is 904. The molecule has 0 saturated carbocycles. The molecule has 1 amide bonds. The van der Waals surface area contributed by atoms with Crippen LogP contribution in [0.15, 0.2) is 35.3 Å². The van der Waals surface area contributed by atoms with Crippen LogP contribution in [0.3, 0.4) is 0 Å². The zero-order valence-corrected chi connectivity index (χ0v) is 13.9. The molecular weight excluding hydrogens is 323 g/mol. The van der Waals surface area contributed by atoms with E-state index in [9.17, 15) is 14.0 Å². The highest BCUT2D eigenvalue weighted by Gasteiger charge is 2.25. The van der Waals surface area contributed by atoms with E-state index in [1.54, 1.807) is 31.2 Å². The zero-order chi connectivity index (χ0) is 18.1. The number of carbonyl (C=O) groups excluding carboxylic acids is 2. The second-order valence-electron chi connectivity index (χ2n) is 5.82. The number of methoxy groups -OCH3 is 1. The molecule has 5 nitrogen and oxygen atoms in total. The molecule has 2 aromatic carbocycles. The van der Waals surface area contributed by atoms with Gasteiger partial charge in [-0.1, -0.05) is 18.2 Å². The van der Waals surface area contributed by atoms with Crippen LogP contribution in [-0.2, 0) is 6.42 Å². The Balaban J connectivity index is 2.12. The molecule has 1 unspecified atom stereocenters. The van der Waals surface area contributed by atoms with E-state index < -0.39 is 23.5 Å². The van der Waals surface area contributed by atoms with Crippen LogP contribution in [0.1, 0.15) is 50.4 Å². The highest BCUT2D eigenvalue weighted by Crippen LogP contribution is 2.31. The lowest BCUT2D eigenvalue weighted by atomic mass is 9.90. The van der Waals surface area contributed by atoms with Gasteiger partial charge in [-0.15, -0.1) is 0 Å². The average molecular weight is 340 g/mol. The number of amides is 1. The van der Waals surface area contributed by atoms with Crippen LogP contribution in [-0.4, -0.2) is 25.0 Å². The Kier molecular flexibility index (Phi) is 4.46. The number of rotatable bonds is 4. The van der Waals surface area contributed by atoms with Crippen LogP contribution in [0.2, 0.25) is 0 Å². The lowest BCUT2D eigenvalue weighted by molar-refractivity contribution is 0.100. The zero-order valence-electron chi connectivity index (χ0n) is 13.9. The van der Waals surface area contributed by atoms with E-state index in [0.29, 0.717) is 23.1 Å². The molecule has 3 rings (SSSR count). The molecule has 0 bridgehead atoms. The summed E-state index contributed by atoms with van der Waals surface area (Å²) in [6.45, 7) is 1.71. The predicted octanol–water partition coefficient (Wildman–Crippen LogP) is 2.85. The normalized spacial score (nSPS) is 14.2. The van der Waals surface area contributed by atoms with Crippen molar-refractivity contribution < 1.29 is 18.7 Å². The number of ether oxygens (including phenoxy) is 1. The minimum absolute atomic E-state index is 0.0386. The number of benzene rings is 2. The standard InChI is InChI=1S/C19H17FN2O3/c1-10(21)11-6-7-15(16(20)18(11)25-2)17(23)13-4-3-5-14-12(13)8-9-22-19(14)24/h3-7,9-10H,8,21H2,1-2H3. The Hall–Kier alpha value is -2.86. The first-order valence-electron chi connectivity index (χ1n) is 7.81. The molecule has 0 aromatic heterocycles. The summed E-state index contributed by atoms with van der Waals surface area (Å²) in [6, 6.07) is 7.33. The fraction of sp³-hybridized carbons (Fsp3) is 0.211. The number of hydrogen-bond acceptors (Lipinski definition) is 4. The van der Waals surface area contributed by atoms with Gasteiger partial charge < -0.3 is 10.5 Å². The number of hydrogen-bond donors (Lipinski definition) is 1. The van der Waals surface area contributed by atoms with Crippen LogP contribution in [0.4, 0.5) is 4.39 Å². The maximum absolute atomic E-state index is 14.8. The molecule has 128 valence electrons. The summed E-state index contributed by atoms with van der Waals surface area (Å²) in [7, 11) is 1.33. The third-order valence-corrected chi connectivity index (χ3v) is 4.22. The topological polar surface area (TPSA) is 81.8 Å². The maximum Gasteiger partial charge on any atom is 0.276 e. The quantitative estimate of drug-likeness (QED) is 0.868. The summed E-state index contributed by atoms with van der Waals surface area (Å²) in [4.78, 5) is 28.5. The first-order chi connectivity index (χ1) is 12.0. The second-order valence-corrected chi connectivity index (χ2v) is 5.82. The predicted molar refractivity (Wildman–Crippen MR) is 92.0 cm³/mol. The van der Waals surface area contributed by atoms with Gasteiger partial charge in [-0.2, -0.15) is 0 Å². The van der Waals surface area contributed by atoms with Crippen molar-refractivity contribution in [2.45, 2.75) is 19.4 Å². The van der Waals surface area contributed by atoms with Crippen LogP contribution < -0.4 is 10.5 Å². The number of ketones is 1. The number of nitrogens with two attached hydrogens (primary N) is 1. The van der Waals surface area contributed by atoms with Crippen molar-refractivity contribution in [3.63, 3.8) is 0 Å². The molecule has 1 heterocycles. The summed E-state index contributed by atoms with van der Waals surface area (Å²) in [6.07, 6.45) is 1.80. The number of nitrogens with zero attached hydrogens (tertiary/aromatic N) is 1. The smallest absolute Gasteiger partial charge is 0.276 e. The van der Waals surface area contributed by atoms with Gasteiger partial charge >= 0.3 is 0 Å². The van der Waals surface area contributed by atoms with Gasteiger partial charge in [0.25, 0.3) is 5.91 Å². The molecule has 0 radical (unpaired) electrons. The third-order valence-electron chi connectivity index (χ3n) is 4.22. The van der Waals surface area contributed by atoms with E-state index in [2.05, 4.69) is 4.99 Å². The van der Waals surface area contributed by atoms with E-state index in [4.69, 9.17) is 10.5 Å². The summed E-state index contributed by atoms with van der Waals surface area (Å²) >= 11 is 0. The highest BCUT2D eigenvalue weighted by atomic mass is 19.1. The molecule has 0 aliphatic carbocycles. The number of fused-ring (bicyclic) bond motifs is 1. The fourth-order valence-corrected chi connectivity index (χ4v) is 2.97. The summed E-state index contributed by atoms with van der Waals surface area (Å²) in [5.74, 6) is -1.70. The Labute approximate surface area is 144 Å². The van der Waals surface area contributed by atoms with Gasteiger partial charge in [-0.3, -0.25) is 9.59 Å². The van der Waals surface area contributed by atoms with Crippen molar-refractivity contribution in [2.24, 2.45) is 10.7 Å². The highest BCUT2D eigenvalue weighted by molar-refractivity contribution is 6.14. The monoisotopic (exact) mass is 340 g/mol. The molecule has 1 aliphatic heterocycles. The van der Waals surface area contributed by atoms with E-state index in [1.165, 1.54) is 19.4 Å². The van der Waals surface area contributed by atoms with Gasteiger partial charge in [-0.05, 0) is 24.6 Å². The van der Waals surface area contributed by atoms with Crippen molar-refractivity contribution in [1.29, 1.82) is 0 Å². The van der Waals surface area contributed by atoms with Crippen molar-refractivity contribution in [2.75, 3.05) is 7.11 Å². The minimum atomic E-state index is -0.754. The summed E-state index contributed by atoms with van der Waals surface area (Å²) in [5.41, 5.74) is 7.39. The van der Waals surface area contributed by atoms with Gasteiger partial charge in [0.15, 0.2) is 17.3 Å². The van der Waals surface area contributed by atoms with Crippen LogP contribution in [0, 0.1) is 5.82 Å². The molecule has 0 fully saturated rings. The molecule has 0 saturated heterocycles. The molecule has 6 heteroatoms. The molecule has 1 aliphatic rings. The van der Waals surface area contributed by atoms with Gasteiger partial charge in [0, 0.05) is 35.4 Å². The first kappa shape index (κ1) is 17.0. The summed E-state index contributed by atoms with van der Waals surface area (Å²) in [5, 5.41) is 0. The number of halogens is 1. The van der Waals surface area contributed by atoms with E-state index in [1.807, 2.05) is 0 Å². The van der Waals surface area contributed by atoms with E-state index >= 15 is 0 Å². The maximum atomic E-state index is 14.8. The lowest BCUT2D eigenvalue weighted by Gasteiger charge is -2.17. The number of carbonyl (C=O) groups is 2. The molecule has 1 atom stereocenters. The van der Waals surface area contributed by atoms with Gasteiger partial charge in [0.05, 0.1) is 12.7 Å². The lowest BCUT2D eigenvalue weighted by Crippen LogP contribution is -2.16. The molecule has 0 spiro atoms.